The number of likely N-dealkylation sites (N-methyl/N-ethyl adjacent to an activating group) is 1. The van der Waals surface area contributed by atoms with Gasteiger partial charge in [-0.1, -0.05) is 47.5 Å². The van der Waals surface area contributed by atoms with E-state index in [1.54, 1.807) is 66.6 Å². The lowest BCUT2D eigenvalue weighted by molar-refractivity contribution is -0.141. The Morgan fingerprint density at radius 3 is 1.57 bits per heavy atom. The first-order valence-corrected chi connectivity index (χ1v) is 28.6. The topological polar surface area (TPSA) is 420 Å². The first-order chi connectivity index (χ1) is 40.8. The number of nitrogens with one attached hydrogen (secondary N) is 9. The van der Waals surface area contributed by atoms with Crippen molar-refractivity contribution < 1.29 is 63.3 Å². The number of amides is 7. The van der Waals surface area contributed by atoms with Gasteiger partial charge >= 0.3 is 17.9 Å². The summed E-state index contributed by atoms with van der Waals surface area (Å²) in [6.45, 7) is 6.29. The summed E-state index contributed by atoms with van der Waals surface area (Å²) < 4.78 is 3.45. The van der Waals surface area contributed by atoms with Crippen molar-refractivity contribution in [2.24, 2.45) is 19.8 Å². The van der Waals surface area contributed by atoms with Crippen LogP contribution in [0.15, 0.2) is 36.4 Å². The van der Waals surface area contributed by atoms with Crippen molar-refractivity contribution in [3.63, 3.8) is 0 Å². The Hall–Kier alpha value is -8.67. The number of anilines is 2. The molecule has 14 N–H and O–H groups in total. The highest BCUT2D eigenvalue weighted by Gasteiger charge is 2.34. The minimum atomic E-state index is -1.71. The summed E-state index contributed by atoms with van der Waals surface area (Å²) in [4.78, 5) is 142. The number of nitrogens with zero attached hydrogens (tertiary/aromatic N) is 6. The van der Waals surface area contributed by atoms with E-state index in [0.717, 1.165) is 17.1 Å². The van der Waals surface area contributed by atoms with Crippen molar-refractivity contribution in [3.05, 3.63) is 80.9 Å². The van der Waals surface area contributed by atoms with E-state index >= 15 is 0 Å². The van der Waals surface area contributed by atoms with Crippen molar-refractivity contribution >= 4 is 99.8 Å². The molecule has 0 unspecified atom stereocenters. The standard InChI is InChI=1S/C55H72Cl2N16O13/c1-5-60-49(81)29(2)62-51(83)36(26-44(79)80)69-50(82)34(15-8-20-61-55(58)59)68-52(84)35(25-43(77)78)63-41(74)16-9-21-72-23-18-39-37(27-72)64-47(70(39)3)53(85)66-32-13-6-11-30(45(32)56)31-12-7-14-33(46(31)57)67-54(86)48-65-38-28-73(22-10-17-42(75)76)24-19-40(38)71(48)4/h6-7,11-14,29,34-36H,5,8-10,15-28H2,1-4H3,(H,60,81)(H,62,83)(H,63,74)(H,66,85)(H,67,86)(H,68,84)(H,69,82)(H,75,76)(H,77,78)(H,79,80)(H4,58,59,61)/t29-,34-,35-,36-/m0/s1. The zero-order valence-electron chi connectivity index (χ0n) is 47.9. The number of carboxylic acid groups (broad SMARTS) is 3. The number of aromatic nitrogens is 4. The average Bonchev–Trinajstić information content (AvgIpc) is 1.74. The number of guanidine groups is 1. The fourth-order valence-corrected chi connectivity index (χ4v) is 10.5. The van der Waals surface area contributed by atoms with Gasteiger partial charge in [-0.25, -0.2) is 9.97 Å². The molecule has 0 saturated heterocycles. The molecule has 2 aliphatic rings. The van der Waals surface area contributed by atoms with Gasteiger partial charge in [0.2, 0.25) is 29.5 Å². The first-order valence-electron chi connectivity index (χ1n) is 27.8. The molecule has 4 atom stereocenters. The van der Waals surface area contributed by atoms with Crippen LogP contribution in [0.5, 0.6) is 0 Å². The Bertz CT molecular complexity index is 3240. The normalized spacial score (nSPS) is 14.4. The summed E-state index contributed by atoms with van der Waals surface area (Å²) in [5.74, 6) is -9.29. The van der Waals surface area contributed by atoms with Crippen LogP contribution < -0.4 is 48.3 Å². The second-order valence-electron chi connectivity index (χ2n) is 20.7. The smallest absolute Gasteiger partial charge is 0.305 e. The first kappa shape index (κ1) is 66.5. The summed E-state index contributed by atoms with van der Waals surface area (Å²) in [5.41, 5.74) is 9.95. The number of benzene rings is 2. The fourth-order valence-electron chi connectivity index (χ4n) is 9.98. The van der Waals surface area contributed by atoms with Gasteiger partial charge in [-0.3, -0.25) is 63.2 Å². The van der Waals surface area contributed by atoms with Gasteiger partial charge in [-0.2, -0.15) is 0 Å². The van der Waals surface area contributed by atoms with Crippen molar-refractivity contribution in [1.82, 2.24) is 60.8 Å². The zero-order valence-corrected chi connectivity index (χ0v) is 49.5. The summed E-state index contributed by atoms with van der Waals surface area (Å²) in [6.07, 6.45) is -0.0779. The monoisotopic (exact) mass is 1230 g/mol. The number of fused-ring (bicyclic) bond motifs is 2. The Balaban J connectivity index is 1.04. The molecule has 86 heavy (non-hydrogen) atoms. The Kier molecular flexibility index (Phi) is 23.9. The number of imidazole rings is 2. The number of carbonyl (C=O) groups is 10. The number of carbonyl (C=O) groups excluding carboxylic acids is 7. The van der Waals surface area contributed by atoms with Crippen molar-refractivity contribution in [1.29, 1.82) is 5.41 Å². The number of aliphatic carboxylic acids is 3. The van der Waals surface area contributed by atoms with Gasteiger partial charge in [0.15, 0.2) is 17.6 Å². The average molecular weight is 1240 g/mol. The fraction of sp³-hybridized carbons (Fsp3) is 0.473. The van der Waals surface area contributed by atoms with Crippen LogP contribution in [0.25, 0.3) is 11.1 Å². The third-order valence-corrected chi connectivity index (χ3v) is 15.2. The van der Waals surface area contributed by atoms with E-state index in [1.807, 2.05) is 4.90 Å². The van der Waals surface area contributed by atoms with E-state index in [0.29, 0.717) is 81.0 Å². The summed E-state index contributed by atoms with van der Waals surface area (Å²) in [6, 6.07) is 4.09. The molecular weight excluding hydrogens is 1160 g/mol. The van der Waals surface area contributed by atoms with E-state index in [2.05, 4.69) is 57.4 Å². The highest BCUT2D eigenvalue weighted by atomic mass is 35.5. The molecule has 2 aromatic carbocycles. The van der Waals surface area contributed by atoms with Gasteiger partial charge in [-0.15, -0.1) is 0 Å². The molecule has 29 nitrogen and oxygen atoms in total. The lowest BCUT2D eigenvalue weighted by atomic mass is 10.0. The lowest BCUT2D eigenvalue weighted by Gasteiger charge is -2.26. The minimum absolute atomic E-state index is 0.0486. The highest BCUT2D eigenvalue weighted by molar-refractivity contribution is 6.40. The number of nitrogens with two attached hydrogens (primary N) is 1. The molecule has 0 fully saturated rings. The minimum Gasteiger partial charge on any atom is -0.481 e. The van der Waals surface area contributed by atoms with Crippen molar-refractivity contribution in [2.45, 2.75) is 115 Å². The molecule has 4 aromatic rings. The van der Waals surface area contributed by atoms with Gasteiger partial charge in [0.05, 0.1) is 45.6 Å². The molecule has 0 saturated carbocycles. The molecule has 0 bridgehead atoms. The molecule has 2 aliphatic heterocycles. The second-order valence-corrected chi connectivity index (χ2v) is 21.5. The van der Waals surface area contributed by atoms with Crippen LogP contribution in [0, 0.1) is 5.41 Å². The van der Waals surface area contributed by atoms with E-state index in [9.17, 15) is 58.2 Å². The molecule has 0 aliphatic carbocycles. The summed E-state index contributed by atoms with van der Waals surface area (Å²) in [5, 5.41) is 56.3. The molecule has 0 spiro atoms. The lowest BCUT2D eigenvalue weighted by Crippen LogP contribution is -2.58. The van der Waals surface area contributed by atoms with Crippen LogP contribution in [-0.2, 0) is 78.4 Å². The van der Waals surface area contributed by atoms with Gasteiger partial charge in [-0.05, 0) is 64.8 Å². The Morgan fingerprint density at radius 2 is 1.09 bits per heavy atom. The number of rotatable bonds is 30. The van der Waals surface area contributed by atoms with Crippen LogP contribution in [0.4, 0.5) is 11.4 Å². The van der Waals surface area contributed by atoms with Gasteiger partial charge in [0.25, 0.3) is 11.8 Å². The Labute approximate surface area is 504 Å². The van der Waals surface area contributed by atoms with Gasteiger partial charge < -0.3 is 72.7 Å². The number of hydrogen-bond acceptors (Lipinski definition) is 15. The van der Waals surface area contributed by atoms with E-state index in [4.69, 9.17) is 39.5 Å². The maximum Gasteiger partial charge on any atom is 0.305 e. The van der Waals surface area contributed by atoms with Gasteiger partial charge in [0.1, 0.15) is 24.2 Å². The summed E-state index contributed by atoms with van der Waals surface area (Å²) in [7, 11) is 3.49. The molecule has 31 heteroatoms. The molecule has 2 aromatic heterocycles. The molecule has 0 radical (unpaired) electrons. The van der Waals surface area contributed by atoms with Gasteiger partial charge in [0, 0.05) is 102 Å². The highest BCUT2D eigenvalue weighted by Crippen LogP contribution is 2.40. The number of hydrogen-bond donors (Lipinski definition) is 13. The van der Waals surface area contributed by atoms with Crippen molar-refractivity contribution in [3.8, 4) is 11.1 Å². The predicted octanol–water partition coefficient (Wildman–Crippen LogP) is 1.30. The maximum absolute atomic E-state index is 13.9. The van der Waals surface area contributed by atoms with Crippen LogP contribution in [-0.4, -0.2) is 173 Å². The zero-order chi connectivity index (χ0) is 62.9. The van der Waals surface area contributed by atoms with E-state index < -0.39 is 96.3 Å². The molecule has 4 heterocycles. The third-order valence-electron chi connectivity index (χ3n) is 14.4. The van der Waals surface area contributed by atoms with E-state index in [-0.39, 0.29) is 78.5 Å². The molecule has 464 valence electrons. The molecule has 7 amide bonds. The SMILES string of the molecule is CCNC(=O)[C@H](C)NC(=O)[C@H](CC(=O)O)NC(=O)[C@H](CCCNC(=N)N)NC(=O)[C@H](CC(=O)O)NC(=O)CCCN1CCc2c(nc(C(=O)Nc3cccc(-c4cccc(NC(=O)c5nc6c(n5C)CCN(CCCC(=O)O)C6)c4Cl)c3Cl)n2C)C1. The van der Waals surface area contributed by atoms with Crippen molar-refractivity contribution in [2.75, 3.05) is 49.9 Å². The number of halogens is 2. The molecule has 6 rings (SSSR count). The number of carboxylic acids is 3. The van der Waals surface area contributed by atoms with Crippen LogP contribution in [0.2, 0.25) is 10.0 Å². The van der Waals surface area contributed by atoms with Crippen LogP contribution in [0.1, 0.15) is 109 Å². The van der Waals surface area contributed by atoms with Crippen LogP contribution >= 0.6 is 23.2 Å². The predicted molar refractivity (Wildman–Crippen MR) is 314 cm³/mol. The largest absolute Gasteiger partial charge is 0.481 e. The van der Waals surface area contributed by atoms with Crippen LogP contribution in [0.3, 0.4) is 0 Å². The quantitative estimate of drug-likeness (QED) is 0.0199. The second kappa shape index (κ2) is 30.9. The van der Waals surface area contributed by atoms with E-state index in [1.165, 1.54) is 6.92 Å². The summed E-state index contributed by atoms with van der Waals surface area (Å²) >= 11 is 13.9. The third kappa shape index (κ3) is 18.2. The Morgan fingerprint density at radius 1 is 0.628 bits per heavy atom. The molecular formula is C55H72Cl2N16O13. The maximum atomic E-state index is 13.9.